The summed E-state index contributed by atoms with van der Waals surface area (Å²) in [6.45, 7) is 13.2. The van der Waals surface area contributed by atoms with E-state index in [0.717, 1.165) is 19.0 Å². The molecule has 1 aromatic heterocycles. The van der Waals surface area contributed by atoms with E-state index >= 15 is 0 Å². The second-order valence-corrected chi connectivity index (χ2v) is 5.40. The van der Waals surface area contributed by atoms with Crippen molar-refractivity contribution in [2.45, 2.75) is 41.2 Å². The van der Waals surface area contributed by atoms with Crippen LogP contribution in [0.25, 0.3) is 0 Å². The molecule has 3 nitrogen and oxygen atoms in total. The SMILES string of the molecule is CC(C)Cn1ccnc1NCC(C)C(C)C. The van der Waals surface area contributed by atoms with Crippen molar-refractivity contribution in [1.29, 1.82) is 0 Å². The highest BCUT2D eigenvalue weighted by Crippen LogP contribution is 2.12. The molecule has 0 saturated carbocycles. The summed E-state index contributed by atoms with van der Waals surface area (Å²) in [5, 5.41) is 3.43. The third-order valence-corrected chi connectivity index (χ3v) is 3.00. The lowest BCUT2D eigenvalue weighted by Gasteiger charge is -2.17. The number of nitrogens with zero attached hydrogens (tertiary/aromatic N) is 2. The topological polar surface area (TPSA) is 29.9 Å². The lowest BCUT2D eigenvalue weighted by atomic mass is 9.98. The Balaban J connectivity index is 2.50. The van der Waals surface area contributed by atoms with Gasteiger partial charge in [-0.05, 0) is 17.8 Å². The molecule has 0 radical (unpaired) electrons. The molecular weight excluding hydrogens is 198 g/mol. The fourth-order valence-electron chi connectivity index (χ4n) is 1.51. The Morgan fingerprint density at radius 2 is 1.94 bits per heavy atom. The molecule has 1 rings (SSSR count). The molecule has 3 heteroatoms. The molecule has 0 fully saturated rings. The van der Waals surface area contributed by atoms with E-state index in [4.69, 9.17) is 0 Å². The third kappa shape index (κ3) is 3.87. The van der Waals surface area contributed by atoms with Crippen LogP contribution in [0.15, 0.2) is 12.4 Å². The predicted molar refractivity (Wildman–Crippen MR) is 69.6 cm³/mol. The van der Waals surface area contributed by atoms with Gasteiger partial charge in [0.2, 0.25) is 5.95 Å². The molecule has 1 N–H and O–H groups in total. The summed E-state index contributed by atoms with van der Waals surface area (Å²) in [5.74, 6) is 3.03. The highest BCUT2D eigenvalue weighted by Gasteiger charge is 2.09. The van der Waals surface area contributed by atoms with Gasteiger partial charge < -0.3 is 9.88 Å². The van der Waals surface area contributed by atoms with E-state index in [1.54, 1.807) is 0 Å². The molecule has 0 aliphatic heterocycles. The van der Waals surface area contributed by atoms with Gasteiger partial charge >= 0.3 is 0 Å². The molecule has 0 spiro atoms. The van der Waals surface area contributed by atoms with Crippen molar-refractivity contribution in [3.05, 3.63) is 12.4 Å². The fourth-order valence-corrected chi connectivity index (χ4v) is 1.51. The average molecular weight is 223 g/mol. The van der Waals surface area contributed by atoms with Crippen molar-refractivity contribution < 1.29 is 0 Å². The number of nitrogens with one attached hydrogen (secondary N) is 1. The number of anilines is 1. The summed E-state index contributed by atoms with van der Waals surface area (Å²) in [6.07, 6.45) is 3.91. The minimum atomic E-state index is 0.650. The number of aromatic nitrogens is 2. The van der Waals surface area contributed by atoms with Gasteiger partial charge in [-0.1, -0.05) is 34.6 Å². The zero-order valence-electron chi connectivity index (χ0n) is 11.2. The highest BCUT2D eigenvalue weighted by molar-refractivity contribution is 5.25. The molecule has 0 aliphatic carbocycles. The van der Waals surface area contributed by atoms with Gasteiger partial charge in [-0.15, -0.1) is 0 Å². The highest BCUT2D eigenvalue weighted by atomic mass is 15.2. The third-order valence-electron chi connectivity index (χ3n) is 3.00. The molecule has 1 heterocycles. The summed E-state index contributed by atoms with van der Waals surface area (Å²) in [7, 11) is 0. The molecule has 92 valence electrons. The zero-order chi connectivity index (χ0) is 12.1. The van der Waals surface area contributed by atoms with Crippen molar-refractivity contribution in [2.24, 2.45) is 17.8 Å². The molecule has 0 amide bonds. The first-order chi connectivity index (χ1) is 7.50. The Morgan fingerprint density at radius 3 is 2.50 bits per heavy atom. The lowest BCUT2D eigenvalue weighted by molar-refractivity contribution is 0.437. The summed E-state index contributed by atoms with van der Waals surface area (Å²) < 4.78 is 2.19. The van der Waals surface area contributed by atoms with Gasteiger partial charge in [-0.3, -0.25) is 0 Å². The summed E-state index contributed by atoms with van der Waals surface area (Å²) in [6, 6.07) is 0. The average Bonchev–Trinajstić information content (AvgIpc) is 2.60. The first kappa shape index (κ1) is 13.1. The molecular formula is C13H25N3. The number of hydrogen-bond donors (Lipinski definition) is 1. The van der Waals surface area contributed by atoms with E-state index in [1.807, 2.05) is 12.4 Å². The normalized spacial score (nSPS) is 13.4. The molecule has 0 aliphatic rings. The number of imidazole rings is 1. The minimum absolute atomic E-state index is 0.650. The van der Waals surface area contributed by atoms with Gasteiger partial charge in [0.1, 0.15) is 0 Å². The van der Waals surface area contributed by atoms with E-state index in [9.17, 15) is 0 Å². The second-order valence-electron chi connectivity index (χ2n) is 5.40. The van der Waals surface area contributed by atoms with Crippen LogP contribution in [0.2, 0.25) is 0 Å². The van der Waals surface area contributed by atoms with E-state index in [-0.39, 0.29) is 0 Å². The number of rotatable bonds is 6. The number of hydrogen-bond acceptors (Lipinski definition) is 2. The van der Waals surface area contributed by atoms with Crippen molar-refractivity contribution in [2.75, 3.05) is 11.9 Å². The first-order valence-electron chi connectivity index (χ1n) is 6.25. The van der Waals surface area contributed by atoms with Crippen LogP contribution >= 0.6 is 0 Å². The molecule has 0 saturated heterocycles. The van der Waals surface area contributed by atoms with Crippen LogP contribution in [-0.2, 0) is 6.54 Å². The van der Waals surface area contributed by atoms with Gasteiger partial charge in [0.25, 0.3) is 0 Å². The molecule has 1 unspecified atom stereocenters. The molecule has 0 bridgehead atoms. The Kier molecular flexibility index (Phi) is 4.84. The molecule has 1 aromatic rings. The largest absolute Gasteiger partial charge is 0.355 e. The fraction of sp³-hybridized carbons (Fsp3) is 0.769. The van der Waals surface area contributed by atoms with Crippen LogP contribution in [0.1, 0.15) is 34.6 Å². The van der Waals surface area contributed by atoms with Crippen molar-refractivity contribution >= 4 is 5.95 Å². The van der Waals surface area contributed by atoms with E-state index in [2.05, 4.69) is 49.5 Å². The van der Waals surface area contributed by atoms with Crippen molar-refractivity contribution in [3.8, 4) is 0 Å². The summed E-state index contributed by atoms with van der Waals surface area (Å²) >= 11 is 0. The summed E-state index contributed by atoms with van der Waals surface area (Å²) in [5.41, 5.74) is 0. The Hall–Kier alpha value is -0.990. The lowest BCUT2D eigenvalue weighted by Crippen LogP contribution is -2.19. The monoisotopic (exact) mass is 223 g/mol. The van der Waals surface area contributed by atoms with Crippen LogP contribution in [0.5, 0.6) is 0 Å². The molecule has 16 heavy (non-hydrogen) atoms. The summed E-state index contributed by atoms with van der Waals surface area (Å²) in [4.78, 5) is 4.35. The Morgan fingerprint density at radius 1 is 1.25 bits per heavy atom. The molecule has 0 aromatic carbocycles. The van der Waals surface area contributed by atoms with E-state index < -0.39 is 0 Å². The Bertz CT molecular complexity index is 302. The maximum atomic E-state index is 4.35. The van der Waals surface area contributed by atoms with E-state index in [0.29, 0.717) is 17.8 Å². The maximum Gasteiger partial charge on any atom is 0.202 e. The quantitative estimate of drug-likeness (QED) is 0.802. The van der Waals surface area contributed by atoms with Gasteiger partial charge in [-0.25, -0.2) is 4.98 Å². The standard InChI is InChI=1S/C13H25N3/c1-10(2)9-16-7-6-14-13(16)15-8-12(5)11(3)4/h6-7,10-12H,8-9H2,1-5H3,(H,14,15). The first-order valence-corrected chi connectivity index (χ1v) is 6.25. The van der Waals surface area contributed by atoms with Gasteiger partial charge in [0, 0.05) is 25.5 Å². The van der Waals surface area contributed by atoms with Crippen LogP contribution < -0.4 is 5.32 Å². The second kappa shape index (κ2) is 5.92. The Labute approximate surface area is 99.3 Å². The minimum Gasteiger partial charge on any atom is -0.355 e. The van der Waals surface area contributed by atoms with Gasteiger partial charge in [0.15, 0.2) is 0 Å². The van der Waals surface area contributed by atoms with Gasteiger partial charge in [-0.2, -0.15) is 0 Å². The predicted octanol–water partition coefficient (Wildman–Crippen LogP) is 3.24. The van der Waals surface area contributed by atoms with Crippen molar-refractivity contribution in [3.63, 3.8) is 0 Å². The van der Waals surface area contributed by atoms with Crippen LogP contribution in [-0.4, -0.2) is 16.1 Å². The van der Waals surface area contributed by atoms with Gasteiger partial charge in [0.05, 0.1) is 0 Å². The smallest absolute Gasteiger partial charge is 0.202 e. The van der Waals surface area contributed by atoms with Crippen LogP contribution in [0.4, 0.5) is 5.95 Å². The van der Waals surface area contributed by atoms with Crippen molar-refractivity contribution in [1.82, 2.24) is 9.55 Å². The van der Waals surface area contributed by atoms with Crippen LogP contribution in [0, 0.1) is 17.8 Å². The van der Waals surface area contributed by atoms with Crippen LogP contribution in [0.3, 0.4) is 0 Å². The van der Waals surface area contributed by atoms with E-state index in [1.165, 1.54) is 0 Å². The zero-order valence-corrected chi connectivity index (χ0v) is 11.2. The maximum absolute atomic E-state index is 4.35. The molecule has 1 atom stereocenters.